The smallest absolute Gasteiger partial charge is 0.247 e. The van der Waals surface area contributed by atoms with Crippen molar-refractivity contribution in [3.05, 3.63) is 71.6 Å². The number of sulfonamides is 1. The van der Waals surface area contributed by atoms with Crippen molar-refractivity contribution in [2.45, 2.75) is 6.04 Å². The van der Waals surface area contributed by atoms with E-state index >= 15 is 0 Å². The summed E-state index contributed by atoms with van der Waals surface area (Å²) in [5, 5.41) is 0. The van der Waals surface area contributed by atoms with Crippen LogP contribution in [0.3, 0.4) is 0 Å². The number of amides is 2. The Balaban J connectivity index is 2.14. The van der Waals surface area contributed by atoms with Crippen LogP contribution in [0.25, 0.3) is 6.08 Å². The largest absolute Gasteiger partial charge is 0.368 e. The fraction of sp³-hybridized carbons (Fsp3) is 0.158. The zero-order valence-corrected chi connectivity index (χ0v) is 16.1. The van der Waals surface area contributed by atoms with Crippen LogP contribution in [-0.2, 0) is 19.6 Å². The molecular weight excluding hydrogens is 385 g/mol. The number of halogens is 1. The highest BCUT2D eigenvalue weighted by Gasteiger charge is 2.25. The van der Waals surface area contributed by atoms with Crippen molar-refractivity contribution < 1.29 is 22.4 Å². The molecule has 7 nitrogen and oxygen atoms in total. The third-order valence-corrected chi connectivity index (χ3v) is 4.41. The molecule has 0 spiro atoms. The van der Waals surface area contributed by atoms with E-state index < -0.39 is 33.7 Å². The maximum atomic E-state index is 13.4. The first kappa shape index (κ1) is 21.1. The summed E-state index contributed by atoms with van der Waals surface area (Å²) in [4.78, 5) is 25.3. The fourth-order valence-electron chi connectivity index (χ4n) is 2.54. The third-order valence-electron chi connectivity index (χ3n) is 3.80. The molecule has 9 heteroatoms. The van der Waals surface area contributed by atoms with E-state index in [0.717, 1.165) is 17.2 Å². The second kappa shape index (κ2) is 8.66. The van der Waals surface area contributed by atoms with Crippen LogP contribution in [0.15, 0.2) is 54.6 Å². The van der Waals surface area contributed by atoms with Crippen LogP contribution < -0.4 is 10.5 Å². The van der Waals surface area contributed by atoms with E-state index in [1.165, 1.54) is 37.4 Å². The Morgan fingerprint density at radius 3 is 2.36 bits per heavy atom. The molecule has 28 heavy (non-hydrogen) atoms. The van der Waals surface area contributed by atoms with Gasteiger partial charge in [0.15, 0.2) is 0 Å². The van der Waals surface area contributed by atoms with Gasteiger partial charge >= 0.3 is 0 Å². The molecule has 148 valence electrons. The highest BCUT2D eigenvalue weighted by molar-refractivity contribution is 7.92. The standard InChI is InChI=1S/C19H20FN3O4S/c1-23(18(19(21)25)14-4-3-5-15(20)12-14)17(24)11-8-13-6-9-16(10-7-13)22-28(2,26)27/h3-12,18,22H,1-2H3,(H2,21,25)/b11-8+. The average Bonchev–Trinajstić information content (AvgIpc) is 2.59. The number of hydrogen-bond donors (Lipinski definition) is 2. The van der Waals surface area contributed by atoms with Crippen LogP contribution in [0.2, 0.25) is 0 Å². The predicted molar refractivity (Wildman–Crippen MR) is 105 cm³/mol. The lowest BCUT2D eigenvalue weighted by Gasteiger charge is -2.25. The van der Waals surface area contributed by atoms with E-state index in [9.17, 15) is 22.4 Å². The first-order valence-corrected chi connectivity index (χ1v) is 10.0. The number of anilines is 1. The van der Waals surface area contributed by atoms with Crippen LogP contribution in [0, 0.1) is 5.82 Å². The van der Waals surface area contributed by atoms with Crippen LogP contribution >= 0.6 is 0 Å². The summed E-state index contributed by atoms with van der Waals surface area (Å²) < 4.78 is 38.2. The highest BCUT2D eigenvalue weighted by atomic mass is 32.2. The summed E-state index contributed by atoms with van der Waals surface area (Å²) in [5.74, 6) is -1.83. The Hall–Kier alpha value is -3.20. The van der Waals surface area contributed by atoms with Gasteiger partial charge in [0.25, 0.3) is 0 Å². The predicted octanol–water partition coefficient (Wildman–Crippen LogP) is 1.90. The van der Waals surface area contributed by atoms with Crippen LogP contribution in [-0.4, -0.2) is 38.4 Å². The molecule has 0 fully saturated rings. The van der Waals surface area contributed by atoms with E-state index in [-0.39, 0.29) is 5.56 Å². The molecule has 0 aliphatic carbocycles. The molecule has 0 bridgehead atoms. The number of primary amides is 1. The third kappa shape index (κ3) is 5.92. The van der Waals surface area contributed by atoms with Gasteiger partial charge in [-0.25, -0.2) is 12.8 Å². The lowest BCUT2D eigenvalue weighted by Crippen LogP contribution is -2.38. The topological polar surface area (TPSA) is 110 Å². The first-order chi connectivity index (χ1) is 13.1. The summed E-state index contributed by atoms with van der Waals surface area (Å²) in [6.07, 6.45) is 3.80. The quantitative estimate of drug-likeness (QED) is 0.686. The minimum Gasteiger partial charge on any atom is -0.368 e. The van der Waals surface area contributed by atoms with Gasteiger partial charge in [-0.15, -0.1) is 0 Å². The van der Waals surface area contributed by atoms with Crippen molar-refractivity contribution in [3.63, 3.8) is 0 Å². The van der Waals surface area contributed by atoms with Gasteiger partial charge in [-0.05, 0) is 41.5 Å². The van der Waals surface area contributed by atoms with Crippen LogP contribution in [0.4, 0.5) is 10.1 Å². The minimum atomic E-state index is -3.37. The maximum Gasteiger partial charge on any atom is 0.247 e. The van der Waals surface area contributed by atoms with E-state index in [4.69, 9.17) is 5.73 Å². The highest BCUT2D eigenvalue weighted by Crippen LogP contribution is 2.21. The van der Waals surface area contributed by atoms with E-state index in [0.29, 0.717) is 11.3 Å². The first-order valence-electron chi connectivity index (χ1n) is 8.14. The van der Waals surface area contributed by atoms with Crippen LogP contribution in [0.5, 0.6) is 0 Å². The number of carbonyl (C=O) groups excluding carboxylic acids is 2. The van der Waals surface area contributed by atoms with Crippen molar-refractivity contribution in [1.29, 1.82) is 0 Å². The summed E-state index contributed by atoms with van der Waals surface area (Å²) in [5.41, 5.74) is 6.70. The molecule has 0 heterocycles. The van der Waals surface area contributed by atoms with E-state index in [1.807, 2.05) is 0 Å². The number of hydrogen-bond acceptors (Lipinski definition) is 4. The minimum absolute atomic E-state index is 0.271. The summed E-state index contributed by atoms with van der Waals surface area (Å²) in [6.45, 7) is 0. The second-order valence-corrected chi connectivity index (χ2v) is 7.89. The van der Waals surface area contributed by atoms with Crippen molar-refractivity contribution in [3.8, 4) is 0 Å². The Bertz CT molecular complexity index is 1000. The van der Waals surface area contributed by atoms with Crippen molar-refractivity contribution in [1.82, 2.24) is 4.90 Å². The molecule has 1 unspecified atom stereocenters. The van der Waals surface area contributed by atoms with Gasteiger partial charge < -0.3 is 10.6 Å². The summed E-state index contributed by atoms with van der Waals surface area (Å²) in [6, 6.07) is 10.5. The van der Waals surface area contributed by atoms with Gasteiger partial charge in [0.2, 0.25) is 21.8 Å². The average molecular weight is 405 g/mol. The van der Waals surface area contributed by atoms with Gasteiger partial charge in [-0.2, -0.15) is 0 Å². The molecule has 0 radical (unpaired) electrons. The number of nitrogens with one attached hydrogen (secondary N) is 1. The monoisotopic (exact) mass is 405 g/mol. The Kier molecular flexibility index (Phi) is 6.53. The number of nitrogens with two attached hydrogens (primary N) is 1. The number of carbonyl (C=O) groups is 2. The lowest BCUT2D eigenvalue weighted by molar-refractivity contribution is -0.134. The summed E-state index contributed by atoms with van der Waals surface area (Å²) >= 11 is 0. The number of nitrogens with zero attached hydrogens (tertiary/aromatic N) is 1. The summed E-state index contributed by atoms with van der Waals surface area (Å²) in [7, 11) is -1.98. The van der Waals surface area contributed by atoms with Crippen molar-refractivity contribution in [2.24, 2.45) is 5.73 Å². The molecule has 0 aliphatic heterocycles. The molecule has 0 saturated carbocycles. The second-order valence-electron chi connectivity index (χ2n) is 6.14. The normalized spacial score (nSPS) is 12.5. The van der Waals surface area contributed by atoms with Gasteiger partial charge in [-0.3, -0.25) is 14.3 Å². The lowest BCUT2D eigenvalue weighted by atomic mass is 10.0. The van der Waals surface area contributed by atoms with Crippen LogP contribution in [0.1, 0.15) is 17.2 Å². The van der Waals surface area contributed by atoms with Gasteiger partial charge in [-0.1, -0.05) is 24.3 Å². The molecule has 3 N–H and O–H groups in total. The molecule has 2 amide bonds. The zero-order chi connectivity index (χ0) is 20.9. The zero-order valence-electron chi connectivity index (χ0n) is 15.3. The molecule has 2 aromatic carbocycles. The van der Waals surface area contributed by atoms with Crippen molar-refractivity contribution >= 4 is 33.6 Å². The van der Waals surface area contributed by atoms with Gasteiger partial charge in [0.05, 0.1) is 6.26 Å². The molecule has 1 atom stereocenters. The molecule has 0 saturated heterocycles. The van der Waals surface area contributed by atoms with Gasteiger partial charge in [0, 0.05) is 18.8 Å². The SMILES string of the molecule is CN(C(=O)/C=C/c1ccc(NS(C)(=O)=O)cc1)C(C(N)=O)c1cccc(F)c1. The number of likely N-dealkylation sites (N-methyl/N-ethyl adjacent to an activating group) is 1. The molecular formula is C19H20FN3O4S. The Morgan fingerprint density at radius 2 is 1.82 bits per heavy atom. The number of rotatable bonds is 7. The Morgan fingerprint density at radius 1 is 1.18 bits per heavy atom. The fourth-order valence-corrected chi connectivity index (χ4v) is 3.11. The molecule has 0 aromatic heterocycles. The van der Waals surface area contributed by atoms with E-state index in [2.05, 4.69) is 4.72 Å². The maximum absolute atomic E-state index is 13.4. The van der Waals surface area contributed by atoms with Crippen molar-refractivity contribution in [2.75, 3.05) is 18.0 Å². The number of benzene rings is 2. The Labute approximate surface area is 162 Å². The molecule has 0 aliphatic rings. The van der Waals surface area contributed by atoms with E-state index in [1.54, 1.807) is 24.3 Å². The molecule has 2 aromatic rings. The van der Waals surface area contributed by atoms with Gasteiger partial charge in [0.1, 0.15) is 11.9 Å². The molecule has 2 rings (SSSR count).